The number of hydrogen-bond donors (Lipinski definition) is 1. The molecule has 1 aliphatic carbocycles. The number of nitrogens with zero attached hydrogens (tertiary/aromatic N) is 1. The molecule has 5 heteroatoms. The number of ether oxygens (including phenoxy) is 1. The molecule has 2 fully saturated rings. The van der Waals surface area contributed by atoms with Crippen LogP contribution in [-0.2, 0) is 14.3 Å². The molecule has 1 heterocycles. The molecule has 2 rings (SSSR count). The highest BCUT2D eigenvalue weighted by Gasteiger charge is 2.59. The molecule has 1 unspecified atom stereocenters. The first-order valence-corrected chi connectivity index (χ1v) is 5.65. The van der Waals surface area contributed by atoms with Gasteiger partial charge in [-0.3, -0.25) is 4.79 Å². The topological polar surface area (TPSA) is 66.8 Å². The molecule has 1 amide bonds. The van der Waals surface area contributed by atoms with Gasteiger partial charge in [-0.1, -0.05) is 6.92 Å². The zero-order valence-electron chi connectivity index (χ0n) is 9.55. The maximum atomic E-state index is 12.0. The molecule has 0 radical (unpaired) electrons. The van der Waals surface area contributed by atoms with Gasteiger partial charge in [0.05, 0.1) is 13.2 Å². The van der Waals surface area contributed by atoms with Gasteiger partial charge in [-0.2, -0.15) is 0 Å². The lowest BCUT2D eigenvalue weighted by Crippen LogP contribution is -2.43. The molecule has 4 atom stereocenters. The van der Waals surface area contributed by atoms with Gasteiger partial charge in [0.25, 0.3) is 0 Å². The predicted molar refractivity (Wildman–Crippen MR) is 55.8 cm³/mol. The number of carboxylic acids is 1. The zero-order chi connectivity index (χ0) is 11.9. The Morgan fingerprint density at radius 2 is 2.00 bits per heavy atom. The highest BCUT2D eigenvalue weighted by atomic mass is 16.5. The predicted octanol–water partition coefficient (Wildman–Crippen LogP) is 0.200. The smallest absolute Gasteiger partial charge is 0.326 e. The summed E-state index contributed by atoms with van der Waals surface area (Å²) < 4.78 is 5.21. The van der Waals surface area contributed by atoms with Crippen LogP contribution in [0.15, 0.2) is 0 Å². The van der Waals surface area contributed by atoms with Crippen LogP contribution in [0.1, 0.15) is 13.3 Å². The minimum absolute atomic E-state index is 0.00662. The van der Waals surface area contributed by atoms with Crippen molar-refractivity contribution in [1.29, 1.82) is 0 Å². The van der Waals surface area contributed by atoms with Crippen molar-refractivity contribution in [1.82, 2.24) is 4.90 Å². The van der Waals surface area contributed by atoms with Crippen LogP contribution in [0.25, 0.3) is 0 Å². The van der Waals surface area contributed by atoms with E-state index >= 15 is 0 Å². The van der Waals surface area contributed by atoms with Crippen LogP contribution in [0.2, 0.25) is 0 Å². The number of likely N-dealkylation sites (N-methyl/N-ethyl adjacent to an activating group) is 1. The van der Waals surface area contributed by atoms with Gasteiger partial charge in [0, 0.05) is 13.0 Å². The van der Waals surface area contributed by atoms with Crippen LogP contribution in [0, 0.1) is 17.8 Å². The molecule has 1 aliphatic heterocycles. The Balaban J connectivity index is 1.97. The molecule has 1 saturated heterocycles. The van der Waals surface area contributed by atoms with E-state index in [1.807, 2.05) is 0 Å². The van der Waals surface area contributed by atoms with Gasteiger partial charge in [0.1, 0.15) is 6.04 Å². The van der Waals surface area contributed by atoms with Gasteiger partial charge in [0.15, 0.2) is 0 Å². The third kappa shape index (κ3) is 1.69. The fraction of sp³-hybridized carbons (Fsp3) is 0.818. The van der Waals surface area contributed by atoms with Gasteiger partial charge in [-0.05, 0) is 18.3 Å². The number of aliphatic carboxylic acids is 1. The van der Waals surface area contributed by atoms with Gasteiger partial charge >= 0.3 is 5.97 Å². The molecular formula is C11H17NO4. The summed E-state index contributed by atoms with van der Waals surface area (Å²) in [4.78, 5) is 24.4. The van der Waals surface area contributed by atoms with E-state index in [4.69, 9.17) is 9.84 Å². The van der Waals surface area contributed by atoms with Crippen molar-refractivity contribution in [3.8, 4) is 0 Å². The first-order valence-electron chi connectivity index (χ1n) is 5.65. The number of carbonyl (C=O) groups is 2. The molecule has 0 bridgehead atoms. The summed E-state index contributed by atoms with van der Waals surface area (Å²) in [6.45, 7) is 3.08. The second-order valence-electron chi connectivity index (χ2n) is 4.60. The van der Waals surface area contributed by atoms with Crippen molar-refractivity contribution < 1.29 is 19.4 Å². The largest absolute Gasteiger partial charge is 0.480 e. The second-order valence-corrected chi connectivity index (χ2v) is 4.60. The van der Waals surface area contributed by atoms with Gasteiger partial charge < -0.3 is 14.7 Å². The van der Waals surface area contributed by atoms with Crippen molar-refractivity contribution in [2.24, 2.45) is 17.8 Å². The summed E-state index contributed by atoms with van der Waals surface area (Å²) in [5, 5.41) is 8.98. The molecule has 5 nitrogen and oxygen atoms in total. The third-order valence-corrected chi connectivity index (χ3v) is 3.72. The van der Waals surface area contributed by atoms with E-state index in [1.165, 1.54) is 4.90 Å². The normalized spacial score (nSPS) is 33.0. The van der Waals surface area contributed by atoms with E-state index < -0.39 is 12.0 Å². The Kier molecular flexibility index (Phi) is 2.88. The summed E-state index contributed by atoms with van der Waals surface area (Å²) in [7, 11) is 1.58. The van der Waals surface area contributed by atoms with Gasteiger partial charge in [-0.25, -0.2) is 4.79 Å². The Bertz CT molecular complexity index is 307. The SMILES string of the molecule is CC[C@H](C(=O)O)N(C)C(=O)C1[C@H]2COC[C@@H]12. The van der Waals surface area contributed by atoms with E-state index in [9.17, 15) is 9.59 Å². The number of fused-ring (bicyclic) bond motifs is 1. The van der Waals surface area contributed by atoms with E-state index in [0.29, 0.717) is 31.5 Å². The lowest BCUT2D eigenvalue weighted by molar-refractivity contribution is -0.150. The second kappa shape index (κ2) is 4.05. The Labute approximate surface area is 94.4 Å². The Morgan fingerprint density at radius 1 is 1.44 bits per heavy atom. The summed E-state index contributed by atoms with van der Waals surface area (Å²) in [6, 6.07) is -0.699. The quantitative estimate of drug-likeness (QED) is 0.745. The third-order valence-electron chi connectivity index (χ3n) is 3.72. The summed E-state index contributed by atoms with van der Waals surface area (Å²) in [6.07, 6.45) is 0.441. The average molecular weight is 227 g/mol. The van der Waals surface area contributed by atoms with Crippen molar-refractivity contribution in [3.05, 3.63) is 0 Å². The van der Waals surface area contributed by atoms with E-state index in [2.05, 4.69) is 0 Å². The minimum atomic E-state index is -0.930. The Morgan fingerprint density at radius 3 is 2.44 bits per heavy atom. The van der Waals surface area contributed by atoms with Gasteiger partial charge in [-0.15, -0.1) is 0 Å². The van der Waals surface area contributed by atoms with Crippen LogP contribution in [0.5, 0.6) is 0 Å². The standard InChI is InChI=1S/C11H17NO4/c1-3-8(11(14)15)12(2)10(13)9-6-4-16-5-7(6)9/h6-9H,3-5H2,1-2H3,(H,14,15)/t6-,7+,8-,9?/m1/s1. The summed E-state index contributed by atoms with van der Waals surface area (Å²) in [5.74, 6) is -0.289. The molecule has 2 aliphatic rings. The lowest BCUT2D eigenvalue weighted by Gasteiger charge is -2.24. The molecular weight excluding hydrogens is 210 g/mol. The van der Waals surface area contributed by atoms with E-state index in [-0.39, 0.29) is 11.8 Å². The molecule has 16 heavy (non-hydrogen) atoms. The molecule has 1 saturated carbocycles. The summed E-state index contributed by atoms with van der Waals surface area (Å²) >= 11 is 0. The Hall–Kier alpha value is -1.10. The summed E-state index contributed by atoms with van der Waals surface area (Å²) in [5.41, 5.74) is 0. The maximum absolute atomic E-state index is 12.0. The average Bonchev–Trinajstić information content (AvgIpc) is 2.70. The lowest BCUT2D eigenvalue weighted by atomic mass is 10.1. The number of hydrogen-bond acceptors (Lipinski definition) is 3. The molecule has 0 spiro atoms. The number of amides is 1. The van der Waals surface area contributed by atoms with Crippen LogP contribution >= 0.6 is 0 Å². The molecule has 1 N–H and O–H groups in total. The fourth-order valence-electron chi connectivity index (χ4n) is 2.61. The highest BCUT2D eigenvalue weighted by molar-refractivity contribution is 5.87. The first-order chi connectivity index (χ1) is 7.57. The number of rotatable bonds is 4. The van der Waals surface area contributed by atoms with Crippen molar-refractivity contribution in [3.63, 3.8) is 0 Å². The van der Waals surface area contributed by atoms with Gasteiger partial charge in [0.2, 0.25) is 5.91 Å². The minimum Gasteiger partial charge on any atom is -0.480 e. The zero-order valence-corrected chi connectivity index (χ0v) is 9.55. The molecule has 0 aromatic heterocycles. The monoisotopic (exact) mass is 227 g/mol. The van der Waals surface area contributed by atoms with E-state index in [0.717, 1.165) is 0 Å². The number of carbonyl (C=O) groups excluding carboxylic acids is 1. The maximum Gasteiger partial charge on any atom is 0.326 e. The van der Waals surface area contributed by atoms with Crippen LogP contribution in [-0.4, -0.2) is 48.2 Å². The van der Waals surface area contributed by atoms with Crippen LogP contribution in [0.3, 0.4) is 0 Å². The first kappa shape index (κ1) is 11.4. The van der Waals surface area contributed by atoms with Crippen molar-refractivity contribution in [2.75, 3.05) is 20.3 Å². The molecule has 0 aromatic carbocycles. The van der Waals surface area contributed by atoms with Crippen LogP contribution in [0.4, 0.5) is 0 Å². The highest BCUT2D eigenvalue weighted by Crippen LogP contribution is 2.51. The van der Waals surface area contributed by atoms with Crippen molar-refractivity contribution in [2.45, 2.75) is 19.4 Å². The van der Waals surface area contributed by atoms with Crippen molar-refractivity contribution >= 4 is 11.9 Å². The molecule has 90 valence electrons. The van der Waals surface area contributed by atoms with Crippen LogP contribution < -0.4 is 0 Å². The fourth-order valence-corrected chi connectivity index (χ4v) is 2.61. The van der Waals surface area contributed by atoms with E-state index in [1.54, 1.807) is 14.0 Å². The molecule has 0 aromatic rings. The number of carboxylic acid groups (broad SMARTS) is 1.